The van der Waals surface area contributed by atoms with Crippen LogP contribution in [0.1, 0.15) is 28.4 Å². The van der Waals surface area contributed by atoms with E-state index in [1.807, 2.05) is 0 Å². The number of benzene rings is 1. The van der Waals surface area contributed by atoms with Crippen molar-refractivity contribution in [2.24, 2.45) is 0 Å². The molecule has 0 aliphatic carbocycles. The van der Waals surface area contributed by atoms with Gasteiger partial charge in [0.2, 0.25) is 0 Å². The van der Waals surface area contributed by atoms with E-state index in [1.54, 1.807) is 13.8 Å². The predicted octanol–water partition coefficient (Wildman–Crippen LogP) is 1.65. The number of carbonyl (C=O) groups excluding carboxylic acids is 1. The summed E-state index contributed by atoms with van der Waals surface area (Å²) in [7, 11) is 0. The minimum Gasteiger partial charge on any atom is -0.480 e. The largest absolute Gasteiger partial charge is 0.480 e. The molecule has 4 nitrogen and oxygen atoms in total. The molecule has 1 rings (SSSR count). The first-order valence-electron chi connectivity index (χ1n) is 5.13. The molecule has 2 N–H and O–H groups in total. The number of rotatable bonds is 3. The van der Waals surface area contributed by atoms with Crippen molar-refractivity contribution in [1.82, 2.24) is 5.32 Å². The first-order valence-corrected chi connectivity index (χ1v) is 5.13. The number of halogens is 1. The molecular formula is C12H14FNO3. The van der Waals surface area contributed by atoms with Crippen molar-refractivity contribution >= 4 is 11.9 Å². The summed E-state index contributed by atoms with van der Waals surface area (Å²) < 4.78 is 13.3. The van der Waals surface area contributed by atoms with Gasteiger partial charge in [-0.1, -0.05) is 0 Å². The van der Waals surface area contributed by atoms with Crippen molar-refractivity contribution in [3.8, 4) is 0 Å². The monoisotopic (exact) mass is 239 g/mol. The van der Waals surface area contributed by atoms with Crippen molar-refractivity contribution in [2.75, 3.05) is 0 Å². The Morgan fingerprint density at radius 3 is 2.18 bits per heavy atom. The van der Waals surface area contributed by atoms with Gasteiger partial charge in [-0.15, -0.1) is 0 Å². The Labute approximate surface area is 98.5 Å². The number of hydrogen-bond acceptors (Lipinski definition) is 2. The SMILES string of the molecule is Cc1cc(C(=O)N[C@H](C)C(=O)O)cc(C)c1F. The van der Waals surface area contributed by atoms with Crippen LogP contribution in [0.2, 0.25) is 0 Å². The first kappa shape index (κ1) is 13.2. The van der Waals surface area contributed by atoms with E-state index in [4.69, 9.17) is 5.11 Å². The zero-order valence-corrected chi connectivity index (χ0v) is 9.87. The maximum atomic E-state index is 13.3. The highest BCUT2D eigenvalue weighted by Crippen LogP contribution is 2.14. The highest BCUT2D eigenvalue weighted by molar-refractivity contribution is 5.96. The smallest absolute Gasteiger partial charge is 0.325 e. The van der Waals surface area contributed by atoms with Gasteiger partial charge in [-0.3, -0.25) is 9.59 Å². The second-order valence-corrected chi connectivity index (χ2v) is 3.96. The molecule has 0 aliphatic rings. The van der Waals surface area contributed by atoms with Crippen molar-refractivity contribution in [3.63, 3.8) is 0 Å². The molecule has 1 atom stereocenters. The zero-order chi connectivity index (χ0) is 13.2. The molecule has 0 unspecified atom stereocenters. The maximum absolute atomic E-state index is 13.3. The lowest BCUT2D eigenvalue weighted by atomic mass is 10.1. The van der Waals surface area contributed by atoms with Crippen LogP contribution in [0.3, 0.4) is 0 Å². The van der Waals surface area contributed by atoms with Crippen LogP contribution >= 0.6 is 0 Å². The van der Waals surface area contributed by atoms with E-state index in [1.165, 1.54) is 19.1 Å². The molecule has 0 fully saturated rings. The fourth-order valence-corrected chi connectivity index (χ4v) is 1.42. The summed E-state index contributed by atoms with van der Waals surface area (Å²) in [6, 6.07) is 1.81. The molecule has 0 saturated carbocycles. The van der Waals surface area contributed by atoms with Crippen molar-refractivity contribution in [1.29, 1.82) is 0 Å². The Kier molecular flexibility index (Phi) is 3.83. The van der Waals surface area contributed by atoms with Crippen LogP contribution in [0.4, 0.5) is 4.39 Å². The highest BCUT2D eigenvalue weighted by Gasteiger charge is 2.16. The molecule has 0 aliphatic heterocycles. The highest BCUT2D eigenvalue weighted by atomic mass is 19.1. The lowest BCUT2D eigenvalue weighted by molar-refractivity contribution is -0.138. The Hall–Kier alpha value is -1.91. The Balaban J connectivity index is 2.94. The number of carboxylic acids is 1. The van der Waals surface area contributed by atoms with E-state index in [2.05, 4.69) is 5.32 Å². The van der Waals surface area contributed by atoms with Crippen LogP contribution in [-0.4, -0.2) is 23.0 Å². The molecule has 0 saturated heterocycles. The summed E-state index contributed by atoms with van der Waals surface area (Å²) in [6.45, 7) is 4.48. The van der Waals surface area contributed by atoms with Crippen LogP contribution < -0.4 is 5.32 Å². The lowest BCUT2D eigenvalue weighted by Gasteiger charge is -2.10. The molecule has 1 amide bonds. The maximum Gasteiger partial charge on any atom is 0.325 e. The van der Waals surface area contributed by atoms with Gasteiger partial charge < -0.3 is 10.4 Å². The quantitative estimate of drug-likeness (QED) is 0.842. The van der Waals surface area contributed by atoms with Crippen LogP contribution in [0.5, 0.6) is 0 Å². The number of aryl methyl sites for hydroxylation is 2. The molecule has 5 heteroatoms. The van der Waals surface area contributed by atoms with E-state index in [0.717, 1.165) is 0 Å². The third kappa shape index (κ3) is 3.03. The number of nitrogens with one attached hydrogen (secondary N) is 1. The summed E-state index contributed by atoms with van der Waals surface area (Å²) >= 11 is 0. The summed E-state index contributed by atoms with van der Waals surface area (Å²) in [6.07, 6.45) is 0. The van der Waals surface area contributed by atoms with Crippen molar-refractivity contribution < 1.29 is 19.1 Å². The van der Waals surface area contributed by atoms with Crippen LogP contribution in [-0.2, 0) is 4.79 Å². The van der Waals surface area contributed by atoms with Crippen LogP contribution in [0.25, 0.3) is 0 Å². The van der Waals surface area contributed by atoms with Gasteiger partial charge in [-0.05, 0) is 44.0 Å². The van der Waals surface area contributed by atoms with E-state index in [-0.39, 0.29) is 11.4 Å². The number of hydrogen-bond donors (Lipinski definition) is 2. The minimum absolute atomic E-state index is 0.259. The van der Waals surface area contributed by atoms with Gasteiger partial charge in [0, 0.05) is 5.56 Å². The third-order valence-electron chi connectivity index (χ3n) is 2.42. The van der Waals surface area contributed by atoms with Crippen molar-refractivity contribution in [2.45, 2.75) is 26.8 Å². The number of carbonyl (C=O) groups is 2. The number of amides is 1. The minimum atomic E-state index is -1.12. The van der Waals surface area contributed by atoms with Gasteiger partial charge in [0.1, 0.15) is 11.9 Å². The molecule has 0 aromatic heterocycles. The summed E-state index contributed by atoms with van der Waals surface area (Å²) in [5, 5.41) is 11.0. The second-order valence-electron chi connectivity index (χ2n) is 3.96. The molecule has 0 spiro atoms. The molecule has 0 radical (unpaired) electrons. The number of aliphatic carboxylic acids is 1. The van der Waals surface area contributed by atoms with E-state index in [0.29, 0.717) is 11.1 Å². The summed E-state index contributed by atoms with van der Waals surface area (Å²) in [5.41, 5.74) is 0.978. The Bertz CT molecular complexity index is 448. The molecule has 0 heterocycles. The molecule has 1 aromatic carbocycles. The van der Waals surface area contributed by atoms with Gasteiger partial charge in [-0.25, -0.2) is 4.39 Å². The van der Waals surface area contributed by atoms with Gasteiger partial charge in [-0.2, -0.15) is 0 Å². The van der Waals surface area contributed by atoms with E-state index >= 15 is 0 Å². The van der Waals surface area contributed by atoms with Gasteiger partial charge in [0.25, 0.3) is 5.91 Å². The molecule has 92 valence electrons. The molecular weight excluding hydrogens is 225 g/mol. The van der Waals surface area contributed by atoms with Crippen LogP contribution in [0, 0.1) is 19.7 Å². The van der Waals surface area contributed by atoms with Gasteiger partial charge in [0.15, 0.2) is 0 Å². The van der Waals surface area contributed by atoms with E-state index in [9.17, 15) is 14.0 Å². The normalized spacial score (nSPS) is 12.0. The Morgan fingerprint density at radius 1 is 1.29 bits per heavy atom. The molecule has 1 aromatic rings. The average molecular weight is 239 g/mol. The molecule has 0 bridgehead atoms. The predicted molar refractivity (Wildman–Crippen MR) is 60.4 cm³/mol. The first-order chi connectivity index (χ1) is 7.82. The molecule has 17 heavy (non-hydrogen) atoms. The topological polar surface area (TPSA) is 66.4 Å². The van der Waals surface area contributed by atoms with Crippen molar-refractivity contribution in [3.05, 3.63) is 34.6 Å². The van der Waals surface area contributed by atoms with Crippen LogP contribution in [0.15, 0.2) is 12.1 Å². The number of carboxylic acid groups (broad SMARTS) is 1. The van der Waals surface area contributed by atoms with Gasteiger partial charge in [0.05, 0.1) is 0 Å². The summed E-state index contributed by atoms with van der Waals surface area (Å²) in [5.74, 6) is -1.99. The third-order valence-corrected chi connectivity index (χ3v) is 2.42. The Morgan fingerprint density at radius 2 is 1.76 bits per heavy atom. The average Bonchev–Trinajstić information content (AvgIpc) is 2.24. The standard InChI is InChI=1S/C12H14FNO3/c1-6-4-9(5-7(2)10(6)13)11(15)14-8(3)12(16)17/h4-5,8H,1-3H3,(H,14,15)(H,16,17)/t8-/m1/s1. The zero-order valence-electron chi connectivity index (χ0n) is 9.87. The fraction of sp³-hybridized carbons (Fsp3) is 0.333. The summed E-state index contributed by atoms with van der Waals surface area (Å²) in [4.78, 5) is 22.3. The second kappa shape index (κ2) is 4.95. The fourth-order valence-electron chi connectivity index (χ4n) is 1.42. The van der Waals surface area contributed by atoms with Gasteiger partial charge >= 0.3 is 5.97 Å². The van der Waals surface area contributed by atoms with E-state index < -0.39 is 17.9 Å². The lowest BCUT2D eigenvalue weighted by Crippen LogP contribution is -2.38.